The molecule has 1 heterocycles. The molecule has 0 aromatic heterocycles. The van der Waals surface area contributed by atoms with E-state index < -0.39 is 47.4 Å². The Labute approximate surface area is 217 Å². The molecule has 1 aliphatic rings. The number of ether oxygens (including phenoxy) is 2. The first-order chi connectivity index (χ1) is 17.4. The molecule has 37 heavy (non-hydrogen) atoms. The van der Waals surface area contributed by atoms with E-state index in [2.05, 4.69) is 0 Å². The molecule has 9 nitrogen and oxygen atoms in total. The molecule has 3 atom stereocenters. The Bertz CT molecular complexity index is 1010. The Balaban J connectivity index is 2.47. The van der Waals surface area contributed by atoms with E-state index in [-0.39, 0.29) is 31.1 Å². The highest BCUT2D eigenvalue weighted by molar-refractivity contribution is 6.05. The fourth-order valence-electron chi connectivity index (χ4n) is 4.74. The minimum Gasteiger partial charge on any atom is -0.453 e. The first-order valence-electron chi connectivity index (χ1n) is 12.5. The summed E-state index contributed by atoms with van der Waals surface area (Å²) >= 11 is 0. The predicted molar refractivity (Wildman–Crippen MR) is 135 cm³/mol. The summed E-state index contributed by atoms with van der Waals surface area (Å²) in [4.78, 5) is 65.3. The molecule has 1 aromatic carbocycles. The Hall–Kier alpha value is -3.33. The first-order valence-corrected chi connectivity index (χ1v) is 12.5. The number of unbranched alkanes of at least 4 members (excludes halogenated alkanes) is 1. The normalized spacial score (nSPS) is 18.5. The number of rotatable bonds is 13. The fourth-order valence-corrected chi connectivity index (χ4v) is 4.74. The molecule has 0 bridgehead atoms. The molecule has 0 saturated carbocycles. The number of carbonyl (C=O) groups excluding carboxylic acids is 5. The fraction of sp³-hybridized carbons (Fsp3) is 0.536. The molecule has 0 spiro atoms. The van der Waals surface area contributed by atoms with Crippen LogP contribution in [-0.2, 0) is 35.1 Å². The van der Waals surface area contributed by atoms with Gasteiger partial charge in [-0.3, -0.25) is 19.2 Å². The molecule has 1 saturated heterocycles. The number of esters is 1. The van der Waals surface area contributed by atoms with Gasteiger partial charge in [-0.2, -0.15) is 0 Å². The maximum absolute atomic E-state index is 14.0. The van der Waals surface area contributed by atoms with Gasteiger partial charge in [-0.05, 0) is 56.7 Å². The molecular weight excluding hydrogens is 478 g/mol. The second-order valence-corrected chi connectivity index (χ2v) is 10.1. The number of allylic oxidation sites excluding steroid dienone is 1. The lowest BCUT2D eigenvalue weighted by Crippen LogP contribution is -2.53. The molecule has 1 aliphatic heterocycles. The number of cyclic esters (lactones) is 1. The summed E-state index contributed by atoms with van der Waals surface area (Å²) in [6, 6.07) is 8.27. The van der Waals surface area contributed by atoms with E-state index in [1.165, 1.54) is 0 Å². The SMILES string of the molecule is CC(=O)O[C@@H](C(=O)C=CC(=O)CCCCO)[C@H](Cc1ccccc1)C(=O)N1C(=O)OC(C)(C)[C@H]1C(C)C. The Kier molecular flexibility index (Phi) is 10.7. The predicted octanol–water partition coefficient (Wildman–Crippen LogP) is 3.42. The maximum atomic E-state index is 14.0. The first kappa shape index (κ1) is 29.9. The smallest absolute Gasteiger partial charge is 0.417 e. The number of aliphatic hydroxyl groups is 1. The van der Waals surface area contributed by atoms with Crippen molar-refractivity contribution in [3.05, 3.63) is 48.0 Å². The van der Waals surface area contributed by atoms with Crippen molar-refractivity contribution in [2.75, 3.05) is 6.61 Å². The second-order valence-electron chi connectivity index (χ2n) is 10.1. The van der Waals surface area contributed by atoms with E-state index in [0.29, 0.717) is 18.4 Å². The van der Waals surface area contributed by atoms with Gasteiger partial charge >= 0.3 is 12.1 Å². The van der Waals surface area contributed by atoms with E-state index in [4.69, 9.17) is 14.6 Å². The number of hydrogen-bond donors (Lipinski definition) is 1. The number of imide groups is 1. The zero-order valence-electron chi connectivity index (χ0n) is 22.1. The van der Waals surface area contributed by atoms with Gasteiger partial charge in [0.05, 0.1) is 12.0 Å². The molecule has 9 heteroatoms. The molecule has 0 radical (unpaired) electrons. The lowest BCUT2D eigenvalue weighted by atomic mass is 9.85. The van der Waals surface area contributed by atoms with Gasteiger partial charge in [0.1, 0.15) is 5.60 Å². The summed E-state index contributed by atoms with van der Waals surface area (Å²) in [5, 5.41) is 8.88. The quantitative estimate of drug-likeness (QED) is 0.241. The van der Waals surface area contributed by atoms with Crippen LogP contribution in [0.5, 0.6) is 0 Å². The number of benzene rings is 1. The van der Waals surface area contributed by atoms with Gasteiger partial charge in [-0.15, -0.1) is 0 Å². The van der Waals surface area contributed by atoms with Gasteiger partial charge in [0.15, 0.2) is 17.7 Å². The van der Waals surface area contributed by atoms with Gasteiger partial charge < -0.3 is 14.6 Å². The molecule has 2 rings (SSSR count). The lowest BCUT2D eigenvalue weighted by molar-refractivity contribution is -0.159. The van der Waals surface area contributed by atoms with Crippen molar-refractivity contribution in [3.63, 3.8) is 0 Å². The van der Waals surface area contributed by atoms with Crippen molar-refractivity contribution >= 4 is 29.5 Å². The van der Waals surface area contributed by atoms with Crippen LogP contribution in [0.15, 0.2) is 42.5 Å². The molecule has 202 valence electrons. The van der Waals surface area contributed by atoms with Crippen molar-refractivity contribution in [1.82, 2.24) is 4.90 Å². The molecule has 0 unspecified atom stereocenters. The van der Waals surface area contributed by atoms with Crippen LogP contribution in [0.4, 0.5) is 4.79 Å². The number of amides is 2. The molecule has 1 aromatic rings. The Morgan fingerprint density at radius 2 is 1.76 bits per heavy atom. The summed E-state index contributed by atoms with van der Waals surface area (Å²) < 4.78 is 10.9. The highest BCUT2D eigenvalue weighted by Gasteiger charge is 2.54. The van der Waals surface area contributed by atoms with E-state index in [0.717, 1.165) is 24.0 Å². The number of carbonyl (C=O) groups is 5. The van der Waals surface area contributed by atoms with Crippen molar-refractivity contribution in [3.8, 4) is 0 Å². The molecule has 2 amide bonds. The topological polar surface area (TPSA) is 127 Å². The number of aliphatic hydroxyl groups excluding tert-OH is 1. The summed E-state index contributed by atoms with van der Waals surface area (Å²) in [5.41, 5.74) is -0.261. The third kappa shape index (κ3) is 8.08. The Morgan fingerprint density at radius 3 is 2.32 bits per heavy atom. The van der Waals surface area contributed by atoms with Crippen LogP contribution in [-0.4, -0.2) is 63.9 Å². The minimum absolute atomic E-state index is 0.0106. The van der Waals surface area contributed by atoms with E-state index in [9.17, 15) is 24.0 Å². The minimum atomic E-state index is -1.56. The van der Waals surface area contributed by atoms with Crippen molar-refractivity contribution in [1.29, 1.82) is 0 Å². The highest BCUT2D eigenvalue weighted by Crippen LogP contribution is 2.36. The summed E-state index contributed by atoms with van der Waals surface area (Å²) in [7, 11) is 0. The van der Waals surface area contributed by atoms with Crippen LogP contribution in [0, 0.1) is 11.8 Å². The van der Waals surface area contributed by atoms with Crippen LogP contribution in [0.25, 0.3) is 0 Å². The molecular formula is C28H37NO8. The van der Waals surface area contributed by atoms with E-state index in [1.807, 2.05) is 13.8 Å². The van der Waals surface area contributed by atoms with Crippen molar-refractivity contribution in [2.45, 2.75) is 78.0 Å². The highest BCUT2D eigenvalue weighted by atomic mass is 16.6. The van der Waals surface area contributed by atoms with Gasteiger partial charge in [0, 0.05) is 20.0 Å². The van der Waals surface area contributed by atoms with E-state index in [1.54, 1.807) is 44.2 Å². The second kappa shape index (κ2) is 13.3. The molecule has 1 fully saturated rings. The van der Waals surface area contributed by atoms with Gasteiger partial charge in [-0.25, -0.2) is 9.69 Å². The van der Waals surface area contributed by atoms with Crippen LogP contribution >= 0.6 is 0 Å². The number of hydrogen-bond acceptors (Lipinski definition) is 8. The lowest BCUT2D eigenvalue weighted by Gasteiger charge is -2.34. The largest absolute Gasteiger partial charge is 0.453 e. The van der Waals surface area contributed by atoms with Crippen molar-refractivity contribution in [2.24, 2.45) is 11.8 Å². The average molecular weight is 516 g/mol. The average Bonchev–Trinajstić information content (AvgIpc) is 3.08. The summed E-state index contributed by atoms with van der Waals surface area (Å²) in [5.74, 6) is -3.94. The zero-order chi connectivity index (χ0) is 27.8. The van der Waals surface area contributed by atoms with Crippen LogP contribution in [0.2, 0.25) is 0 Å². The number of nitrogens with zero attached hydrogens (tertiary/aromatic N) is 1. The van der Waals surface area contributed by atoms with Crippen LogP contribution in [0.1, 0.15) is 59.4 Å². The van der Waals surface area contributed by atoms with Gasteiger partial charge in [0.2, 0.25) is 5.91 Å². The number of ketones is 2. The molecule has 1 N–H and O–H groups in total. The van der Waals surface area contributed by atoms with Crippen LogP contribution < -0.4 is 0 Å². The third-order valence-electron chi connectivity index (χ3n) is 6.23. The monoisotopic (exact) mass is 515 g/mol. The maximum Gasteiger partial charge on any atom is 0.417 e. The van der Waals surface area contributed by atoms with Crippen LogP contribution in [0.3, 0.4) is 0 Å². The van der Waals surface area contributed by atoms with E-state index >= 15 is 0 Å². The summed E-state index contributed by atoms with van der Waals surface area (Å²) in [6.45, 7) is 8.24. The van der Waals surface area contributed by atoms with Gasteiger partial charge in [0.25, 0.3) is 0 Å². The standard InChI is InChI=1S/C28H37NO8/c1-18(2)25-28(4,5)37-27(35)29(25)26(34)22(17-20-11-7-6-8-12-20)24(36-19(3)31)23(33)15-14-21(32)13-9-10-16-30/h6-8,11-12,14-15,18,22,24-25,30H,9-10,13,16-17H2,1-5H3/t22-,24+,25+/m0/s1. The zero-order valence-corrected chi connectivity index (χ0v) is 22.1. The third-order valence-corrected chi connectivity index (χ3v) is 6.23. The molecule has 0 aliphatic carbocycles. The van der Waals surface area contributed by atoms with Gasteiger partial charge in [-0.1, -0.05) is 44.2 Å². The van der Waals surface area contributed by atoms with Crippen molar-refractivity contribution < 1.29 is 38.6 Å². The summed E-state index contributed by atoms with van der Waals surface area (Å²) in [6.07, 6.45) is 0.773. The Morgan fingerprint density at radius 1 is 1.11 bits per heavy atom.